The monoisotopic (exact) mass is 285 g/mol. The molecule has 0 radical (unpaired) electrons. The van der Waals surface area contributed by atoms with Crippen LogP contribution in [0.3, 0.4) is 0 Å². The average Bonchev–Trinajstić information content (AvgIpc) is 2.47. The van der Waals surface area contributed by atoms with Crippen LogP contribution in [-0.4, -0.2) is 23.5 Å². The molecule has 1 N–H and O–H groups in total. The zero-order chi connectivity index (χ0) is 15.2. The van der Waals surface area contributed by atoms with E-state index in [-0.39, 0.29) is 6.03 Å². The van der Waals surface area contributed by atoms with Crippen LogP contribution in [-0.2, 0) is 0 Å². The highest BCUT2D eigenvalue weighted by Crippen LogP contribution is 2.23. The van der Waals surface area contributed by atoms with Gasteiger partial charge in [-0.15, -0.1) is 0 Å². The molecular formula is C17H23N3O. The third kappa shape index (κ3) is 4.22. The standard InChI is InChI=1S/C17H23N3O/c1-13(2)10-16-8-3-4-9-20(16)17(21)19-15-7-5-6-14(11-15)12-18/h5-7,11,13,16H,3-4,8-10H2,1-2H3,(H,19,21). The maximum absolute atomic E-state index is 12.5. The molecule has 0 saturated carbocycles. The van der Waals surface area contributed by atoms with Gasteiger partial charge in [-0.05, 0) is 49.8 Å². The van der Waals surface area contributed by atoms with Crippen LogP contribution in [0.2, 0.25) is 0 Å². The van der Waals surface area contributed by atoms with Gasteiger partial charge in [0.15, 0.2) is 0 Å². The summed E-state index contributed by atoms with van der Waals surface area (Å²) in [5.41, 5.74) is 1.25. The van der Waals surface area contributed by atoms with Crippen molar-refractivity contribution in [3.05, 3.63) is 29.8 Å². The Morgan fingerprint density at radius 2 is 2.29 bits per heavy atom. The van der Waals surface area contributed by atoms with Gasteiger partial charge in [0.2, 0.25) is 0 Å². The van der Waals surface area contributed by atoms with Crippen molar-refractivity contribution in [2.75, 3.05) is 11.9 Å². The zero-order valence-electron chi connectivity index (χ0n) is 12.8. The Kier molecular flexibility index (Phi) is 5.21. The number of benzene rings is 1. The van der Waals surface area contributed by atoms with Crippen molar-refractivity contribution in [3.8, 4) is 6.07 Å². The van der Waals surface area contributed by atoms with E-state index >= 15 is 0 Å². The number of urea groups is 1. The number of nitrogens with one attached hydrogen (secondary N) is 1. The van der Waals surface area contributed by atoms with Crippen LogP contribution < -0.4 is 5.32 Å². The Balaban J connectivity index is 2.04. The van der Waals surface area contributed by atoms with Gasteiger partial charge < -0.3 is 10.2 Å². The second-order valence-electron chi connectivity index (χ2n) is 6.10. The summed E-state index contributed by atoms with van der Waals surface area (Å²) < 4.78 is 0. The molecule has 1 aliphatic rings. The molecule has 4 heteroatoms. The predicted molar refractivity (Wildman–Crippen MR) is 84.0 cm³/mol. The first-order chi connectivity index (χ1) is 10.1. The topological polar surface area (TPSA) is 56.1 Å². The van der Waals surface area contributed by atoms with E-state index in [1.54, 1.807) is 18.2 Å². The summed E-state index contributed by atoms with van der Waals surface area (Å²) in [6, 6.07) is 9.42. The highest BCUT2D eigenvalue weighted by Gasteiger charge is 2.27. The number of nitrogens with zero attached hydrogens (tertiary/aromatic N) is 2. The molecule has 0 bridgehead atoms. The van der Waals surface area contributed by atoms with Crippen molar-refractivity contribution >= 4 is 11.7 Å². The smallest absolute Gasteiger partial charge is 0.322 e. The molecule has 1 heterocycles. The zero-order valence-corrected chi connectivity index (χ0v) is 12.8. The van der Waals surface area contributed by atoms with Crippen LogP contribution in [0.15, 0.2) is 24.3 Å². The van der Waals surface area contributed by atoms with Crippen molar-refractivity contribution in [1.29, 1.82) is 5.26 Å². The molecule has 4 nitrogen and oxygen atoms in total. The normalized spacial score (nSPS) is 18.4. The molecule has 1 saturated heterocycles. The molecule has 1 atom stereocenters. The second-order valence-corrected chi connectivity index (χ2v) is 6.10. The van der Waals surface area contributed by atoms with Crippen molar-refractivity contribution in [3.63, 3.8) is 0 Å². The lowest BCUT2D eigenvalue weighted by Crippen LogP contribution is -2.46. The third-order valence-electron chi connectivity index (χ3n) is 3.87. The van der Waals surface area contributed by atoms with E-state index in [9.17, 15) is 4.79 Å². The molecule has 1 aromatic carbocycles. The molecule has 2 rings (SSSR count). The number of likely N-dealkylation sites (tertiary alicyclic amines) is 1. The first-order valence-electron chi connectivity index (χ1n) is 7.68. The van der Waals surface area contributed by atoms with Crippen LogP contribution in [0.5, 0.6) is 0 Å². The Hall–Kier alpha value is -2.02. The first-order valence-corrected chi connectivity index (χ1v) is 7.68. The minimum Gasteiger partial charge on any atom is -0.322 e. The fourth-order valence-electron chi connectivity index (χ4n) is 2.92. The maximum Gasteiger partial charge on any atom is 0.322 e. The van der Waals surface area contributed by atoms with Crippen molar-refractivity contribution < 1.29 is 4.79 Å². The number of piperidine rings is 1. The second kappa shape index (κ2) is 7.12. The highest BCUT2D eigenvalue weighted by molar-refractivity contribution is 5.89. The molecule has 1 unspecified atom stereocenters. The van der Waals surface area contributed by atoms with Crippen LogP contribution in [0.4, 0.5) is 10.5 Å². The summed E-state index contributed by atoms with van der Waals surface area (Å²) in [5, 5.41) is 11.8. The quantitative estimate of drug-likeness (QED) is 0.912. The minimum absolute atomic E-state index is 0.0459. The van der Waals surface area contributed by atoms with Gasteiger partial charge in [0.1, 0.15) is 0 Å². The number of anilines is 1. The SMILES string of the molecule is CC(C)CC1CCCCN1C(=O)Nc1cccc(C#N)c1. The summed E-state index contributed by atoms with van der Waals surface area (Å²) in [6.45, 7) is 5.21. The third-order valence-corrected chi connectivity index (χ3v) is 3.87. The molecule has 0 aliphatic carbocycles. The Morgan fingerprint density at radius 3 is 3.00 bits per heavy atom. The van der Waals surface area contributed by atoms with Crippen LogP contribution in [0.1, 0.15) is 45.1 Å². The van der Waals surface area contributed by atoms with Crippen LogP contribution in [0, 0.1) is 17.2 Å². The van der Waals surface area contributed by atoms with Gasteiger partial charge in [-0.2, -0.15) is 5.26 Å². The average molecular weight is 285 g/mol. The molecule has 0 spiro atoms. The Labute approximate surface area is 126 Å². The van der Waals surface area contributed by atoms with Gasteiger partial charge in [0, 0.05) is 18.3 Å². The van der Waals surface area contributed by atoms with Gasteiger partial charge in [-0.3, -0.25) is 0 Å². The fourth-order valence-corrected chi connectivity index (χ4v) is 2.92. The number of amides is 2. The predicted octanol–water partition coefficient (Wildman–Crippen LogP) is 3.99. The number of hydrogen-bond acceptors (Lipinski definition) is 2. The van der Waals surface area contributed by atoms with Crippen molar-refractivity contribution in [2.45, 2.75) is 45.6 Å². The number of rotatable bonds is 3. The van der Waals surface area contributed by atoms with Gasteiger partial charge in [0.25, 0.3) is 0 Å². The van der Waals surface area contributed by atoms with Crippen LogP contribution >= 0.6 is 0 Å². The summed E-state index contributed by atoms with van der Waals surface area (Å²) in [5.74, 6) is 0.588. The van der Waals surface area contributed by atoms with Gasteiger partial charge in [-0.1, -0.05) is 19.9 Å². The summed E-state index contributed by atoms with van der Waals surface area (Å²) in [4.78, 5) is 14.5. The number of hydrogen-bond donors (Lipinski definition) is 1. The highest BCUT2D eigenvalue weighted by atomic mass is 16.2. The number of carbonyl (C=O) groups excluding carboxylic acids is 1. The summed E-state index contributed by atoms with van der Waals surface area (Å²) in [7, 11) is 0. The van der Waals surface area contributed by atoms with E-state index in [4.69, 9.17) is 5.26 Å². The Morgan fingerprint density at radius 1 is 1.48 bits per heavy atom. The molecule has 21 heavy (non-hydrogen) atoms. The lowest BCUT2D eigenvalue weighted by molar-refractivity contribution is 0.150. The molecular weight excluding hydrogens is 262 g/mol. The molecule has 2 amide bonds. The molecule has 0 aromatic heterocycles. The number of nitriles is 1. The van der Waals surface area contributed by atoms with Gasteiger partial charge in [0.05, 0.1) is 11.6 Å². The van der Waals surface area contributed by atoms with Gasteiger partial charge in [-0.25, -0.2) is 4.79 Å². The summed E-state index contributed by atoms with van der Waals surface area (Å²) >= 11 is 0. The van der Waals surface area contributed by atoms with E-state index in [1.165, 1.54) is 6.42 Å². The van der Waals surface area contributed by atoms with Gasteiger partial charge >= 0.3 is 6.03 Å². The summed E-state index contributed by atoms with van der Waals surface area (Å²) in [6.07, 6.45) is 4.40. The largest absolute Gasteiger partial charge is 0.322 e. The first kappa shape index (κ1) is 15.4. The molecule has 1 aliphatic heterocycles. The lowest BCUT2D eigenvalue weighted by atomic mass is 9.94. The van der Waals surface area contributed by atoms with E-state index in [2.05, 4.69) is 25.2 Å². The Bertz CT molecular complexity index is 533. The van der Waals surface area contributed by atoms with E-state index in [1.807, 2.05) is 11.0 Å². The van der Waals surface area contributed by atoms with Crippen molar-refractivity contribution in [1.82, 2.24) is 4.90 Å². The minimum atomic E-state index is -0.0459. The fraction of sp³-hybridized carbons (Fsp3) is 0.529. The van der Waals surface area contributed by atoms with Crippen LogP contribution in [0.25, 0.3) is 0 Å². The molecule has 1 fully saturated rings. The van der Waals surface area contributed by atoms with E-state index < -0.39 is 0 Å². The lowest BCUT2D eigenvalue weighted by Gasteiger charge is -2.36. The molecule has 112 valence electrons. The maximum atomic E-state index is 12.5. The number of carbonyl (C=O) groups is 1. The van der Waals surface area contributed by atoms with Crippen molar-refractivity contribution in [2.24, 2.45) is 5.92 Å². The van der Waals surface area contributed by atoms with E-state index in [0.29, 0.717) is 23.2 Å². The van der Waals surface area contributed by atoms with E-state index in [0.717, 1.165) is 25.8 Å². The molecule has 1 aromatic rings.